The smallest absolute Gasteiger partial charge is 0.289 e. The lowest BCUT2D eigenvalue weighted by Gasteiger charge is -2.30. The molecule has 24 heavy (non-hydrogen) atoms. The molecular formula is C18H20N2O3S. The van der Waals surface area contributed by atoms with Crippen LogP contribution in [-0.4, -0.2) is 36.1 Å². The molecule has 0 atom stereocenters. The predicted molar refractivity (Wildman–Crippen MR) is 94.2 cm³/mol. The van der Waals surface area contributed by atoms with Gasteiger partial charge in [0.05, 0.1) is 6.26 Å². The summed E-state index contributed by atoms with van der Waals surface area (Å²) >= 11 is 1.64. The molecule has 126 valence electrons. The molecule has 1 saturated heterocycles. The zero-order valence-corrected chi connectivity index (χ0v) is 14.3. The fourth-order valence-corrected chi connectivity index (χ4v) is 3.31. The van der Waals surface area contributed by atoms with E-state index in [0.717, 1.165) is 10.6 Å². The molecule has 1 aliphatic heterocycles. The van der Waals surface area contributed by atoms with Crippen molar-refractivity contribution in [3.8, 4) is 0 Å². The minimum atomic E-state index is -0.105. The molecule has 0 bridgehead atoms. The van der Waals surface area contributed by atoms with E-state index < -0.39 is 0 Å². The fourth-order valence-electron chi connectivity index (χ4n) is 2.85. The lowest BCUT2D eigenvalue weighted by molar-refractivity contribution is -0.121. The van der Waals surface area contributed by atoms with Crippen molar-refractivity contribution in [1.29, 1.82) is 0 Å². The van der Waals surface area contributed by atoms with Gasteiger partial charge in [0.25, 0.3) is 5.91 Å². The molecule has 2 amide bonds. The monoisotopic (exact) mass is 344 g/mol. The number of carbonyl (C=O) groups is 2. The van der Waals surface area contributed by atoms with Crippen LogP contribution >= 0.6 is 11.8 Å². The highest BCUT2D eigenvalue weighted by Crippen LogP contribution is 2.23. The Bertz CT molecular complexity index is 707. The number of likely N-dealkylation sites (tertiary alicyclic amines) is 1. The van der Waals surface area contributed by atoms with Crippen molar-refractivity contribution >= 4 is 29.3 Å². The number of anilines is 1. The number of nitrogens with zero attached hydrogens (tertiary/aromatic N) is 1. The maximum absolute atomic E-state index is 12.4. The molecule has 2 heterocycles. The summed E-state index contributed by atoms with van der Waals surface area (Å²) in [5.74, 6) is 0.209. The SMILES string of the molecule is CSc1cccc(NC(=O)C2CCN(C(=O)c3ccco3)CC2)c1. The van der Waals surface area contributed by atoms with Gasteiger partial charge in [-0.1, -0.05) is 6.07 Å². The van der Waals surface area contributed by atoms with Gasteiger partial charge in [-0.2, -0.15) is 0 Å². The molecule has 0 radical (unpaired) electrons. The molecule has 5 nitrogen and oxygen atoms in total. The van der Waals surface area contributed by atoms with Crippen molar-refractivity contribution in [2.24, 2.45) is 5.92 Å². The van der Waals surface area contributed by atoms with Crippen molar-refractivity contribution in [2.45, 2.75) is 17.7 Å². The number of piperidine rings is 1. The molecule has 1 aromatic carbocycles. The molecule has 1 aromatic heterocycles. The highest BCUT2D eigenvalue weighted by atomic mass is 32.2. The number of thioether (sulfide) groups is 1. The number of amides is 2. The standard InChI is InChI=1S/C18H20N2O3S/c1-24-15-5-2-4-14(12-15)19-17(21)13-7-9-20(10-8-13)18(22)16-6-3-11-23-16/h2-6,11-13H,7-10H2,1H3,(H,19,21). The van der Waals surface area contributed by atoms with E-state index in [-0.39, 0.29) is 17.7 Å². The number of hydrogen-bond acceptors (Lipinski definition) is 4. The van der Waals surface area contributed by atoms with E-state index in [2.05, 4.69) is 5.32 Å². The molecule has 1 fully saturated rings. The average molecular weight is 344 g/mol. The van der Waals surface area contributed by atoms with E-state index in [0.29, 0.717) is 31.7 Å². The van der Waals surface area contributed by atoms with Crippen LogP contribution in [0.3, 0.4) is 0 Å². The molecule has 2 aromatic rings. The number of carbonyl (C=O) groups excluding carboxylic acids is 2. The number of rotatable bonds is 4. The summed E-state index contributed by atoms with van der Waals surface area (Å²) in [6.07, 6.45) is 4.84. The minimum Gasteiger partial charge on any atom is -0.459 e. The second-order valence-corrected chi connectivity index (χ2v) is 6.64. The summed E-state index contributed by atoms with van der Waals surface area (Å²) < 4.78 is 5.15. The van der Waals surface area contributed by atoms with Gasteiger partial charge in [-0.15, -0.1) is 11.8 Å². The maximum Gasteiger partial charge on any atom is 0.289 e. The second-order valence-electron chi connectivity index (χ2n) is 5.76. The Morgan fingerprint density at radius 1 is 1.21 bits per heavy atom. The molecule has 0 aliphatic carbocycles. The molecule has 1 N–H and O–H groups in total. The summed E-state index contributed by atoms with van der Waals surface area (Å²) in [5.41, 5.74) is 0.820. The van der Waals surface area contributed by atoms with Gasteiger partial charge in [0.1, 0.15) is 0 Å². The first-order valence-corrected chi connectivity index (χ1v) is 9.17. The van der Waals surface area contributed by atoms with Gasteiger partial charge in [-0.25, -0.2) is 0 Å². The molecule has 1 aliphatic rings. The van der Waals surface area contributed by atoms with Crippen molar-refractivity contribution < 1.29 is 14.0 Å². The van der Waals surface area contributed by atoms with Crippen LogP contribution in [0.25, 0.3) is 0 Å². The van der Waals surface area contributed by atoms with Gasteiger partial charge in [0, 0.05) is 29.6 Å². The summed E-state index contributed by atoms with van der Waals surface area (Å²) in [5, 5.41) is 2.98. The van der Waals surface area contributed by atoms with Crippen LogP contribution in [-0.2, 0) is 4.79 Å². The molecule has 0 spiro atoms. The van der Waals surface area contributed by atoms with Crippen molar-refractivity contribution in [1.82, 2.24) is 4.90 Å². The van der Waals surface area contributed by atoms with Gasteiger partial charge >= 0.3 is 0 Å². The van der Waals surface area contributed by atoms with Crippen LogP contribution in [0, 0.1) is 5.92 Å². The van der Waals surface area contributed by atoms with Crippen LogP contribution in [0.5, 0.6) is 0 Å². The van der Waals surface area contributed by atoms with Gasteiger partial charge in [-0.05, 0) is 49.4 Å². The summed E-state index contributed by atoms with van der Waals surface area (Å²) in [6.45, 7) is 1.14. The minimum absolute atomic E-state index is 0.0263. The Hall–Kier alpha value is -2.21. The third-order valence-electron chi connectivity index (χ3n) is 4.22. The molecule has 0 unspecified atom stereocenters. The summed E-state index contributed by atoms with van der Waals surface area (Å²) in [6, 6.07) is 11.2. The largest absolute Gasteiger partial charge is 0.459 e. The lowest BCUT2D eigenvalue weighted by Crippen LogP contribution is -2.41. The highest BCUT2D eigenvalue weighted by Gasteiger charge is 2.28. The van der Waals surface area contributed by atoms with Crippen LogP contribution in [0.4, 0.5) is 5.69 Å². The average Bonchev–Trinajstić information content (AvgIpc) is 3.16. The van der Waals surface area contributed by atoms with Gasteiger partial charge in [0.2, 0.25) is 5.91 Å². The van der Waals surface area contributed by atoms with Gasteiger partial charge < -0.3 is 14.6 Å². The Balaban J connectivity index is 1.54. The topological polar surface area (TPSA) is 62.6 Å². The summed E-state index contributed by atoms with van der Waals surface area (Å²) in [7, 11) is 0. The Kier molecular flexibility index (Phi) is 5.25. The molecule has 0 saturated carbocycles. The zero-order chi connectivity index (χ0) is 16.9. The summed E-state index contributed by atoms with van der Waals surface area (Å²) in [4.78, 5) is 27.5. The first-order valence-electron chi connectivity index (χ1n) is 7.95. The van der Waals surface area contributed by atoms with E-state index in [1.807, 2.05) is 30.5 Å². The van der Waals surface area contributed by atoms with Crippen LogP contribution in [0.1, 0.15) is 23.4 Å². The van der Waals surface area contributed by atoms with Crippen LogP contribution in [0.15, 0.2) is 52.0 Å². The van der Waals surface area contributed by atoms with E-state index in [9.17, 15) is 9.59 Å². The quantitative estimate of drug-likeness (QED) is 0.863. The van der Waals surface area contributed by atoms with Gasteiger partial charge in [0.15, 0.2) is 5.76 Å². The molecule has 6 heteroatoms. The van der Waals surface area contributed by atoms with E-state index >= 15 is 0 Å². The van der Waals surface area contributed by atoms with Crippen LogP contribution < -0.4 is 5.32 Å². The third kappa shape index (κ3) is 3.82. The number of hydrogen-bond donors (Lipinski definition) is 1. The number of nitrogens with one attached hydrogen (secondary N) is 1. The maximum atomic E-state index is 12.4. The van der Waals surface area contributed by atoms with E-state index in [1.165, 1.54) is 6.26 Å². The highest BCUT2D eigenvalue weighted by molar-refractivity contribution is 7.98. The normalized spacial score (nSPS) is 15.3. The van der Waals surface area contributed by atoms with E-state index in [1.54, 1.807) is 28.8 Å². The molecular weight excluding hydrogens is 324 g/mol. The Labute approximate surface area is 145 Å². The fraction of sp³-hybridized carbons (Fsp3) is 0.333. The van der Waals surface area contributed by atoms with Crippen molar-refractivity contribution in [2.75, 3.05) is 24.7 Å². The zero-order valence-electron chi connectivity index (χ0n) is 13.5. The predicted octanol–water partition coefficient (Wildman–Crippen LogP) is 3.49. The Morgan fingerprint density at radius 3 is 2.67 bits per heavy atom. The van der Waals surface area contributed by atoms with Crippen molar-refractivity contribution in [3.63, 3.8) is 0 Å². The first-order chi connectivity index (χ1) is 11.7. The third-order valence-corrected chi connectivity index (χ3v) is 4.95. The second kappa shape index (κ2) is 7.57. The number of furan rings is 1. The number of benzene rings is 1. The Morgan fingerprint density at radius 2 is 2.00 bits per heavy atom. The van der Waals surface area contributed by atoms with Crippen molar-refractivity contribution in [3.05, 3.63) is 48.4 Å². The van der Waals surface area contributed by atoms with E-state index in [4.69, 9.17) is 4.42 Å². The van der Waals surface area contributed by atoms with Gasteiger partial charge in [-0.3, -0.25) is 9.59 Å². The van der Waals surface area contributed by atoms with Crippen LogP contribution in [0.2, 0.25) is 0 Å². The lowest BCUT2D eigenvalue weighted by atomic mass is 9.95. The first kappa shape index (κ1) is 16.6. The molecule has 3 rings (SSSR count).